The van der Waals surface area contributed by atoms with Crippen molar-refractivity contribution in [2.45, 2.75) is 0 Å². The van der Waals surface area contributed by atoms with E-state index in [1.807, 2.05) is 0 Å². The summed E-state index contributed by atoms with van der Waals surface area (Å²) >= 11 is 0. The van der Waals surface area contributed by atoms with Gasteiger partial charge in [-0.2, -0.15) is 5.26 Å². The van der Waals surface area contributed by atoms with Crippen molar-refractivity contribution in [3.8, 4) is 6.07 Å². The third-order valence-corrected chi connectivity index (χ3v) is 2.41. The quantitative estimate of drug-likeness (QED) is 0.649. The summed E-state index contributed by atoms with van der Waals surface area (Å²) in [6, 6.07) is 10.3. The van der Waals surface area contributed by atoms with Crippen molar-refractivity contribution in [2.75, 3.05) is 0 Å². The molecule has 2 aromatic rings. The van der Waals surface area contributed by atoms with Crippen LogP contribution in [-0.2, 0) is 0 Å². The van der Waals surface area contributed by atoms with E-state index in [0.717, 1.165) is 6.07 Å². The van der Waals surface area contributed by atoms with Gasteiger partial charge in [0.15, 0.2) is 0 Å². The molecule has 0 bridgehead atoms. The molecular formula is C11H6BF3KN. The van der Waals surface area contributed by atoms with Gasteiger partial charge < -0.3 is 12.9 Å². The van der Waals surface area contributed by atoms with E-state index in [4.69, 9.17) is 5.26 Å². The van der Waals surface area contributed by atoms with E-state index in [2.05, 4.69) is 0 Å². The first-order valence-electron chi connectivity index (χ1n) is 4.65. The first-order chi connectivity index (χ1) is 7.54. The van der Waals surface area contributed by atoms with Gasteiger partial charge >= 0.3 is 58.4 Å². The van der Waals surface area contributed by atoms with Crippen LogP contribution in [0.1, 0.15) is 5.56 Å². The van der Waals surface area contributed by atoms with E-state index in [0.29, 0.717) is 5.39 Å². The average molecular weight is 259 g/mol. The first kappa shape index (κ1) is 14.7. The van der Waals surface area contributed by atoms with Crippen molar-refractivity contribution in [3.05, 3.63) is 42.0 Å². The van der Waals surface area contributed by atoms with Crippen molar-refractivity contribution >= 4 is 23.2 Å². The molecule has 0 unspecified atom stereocenters. The largest absolute Gasteiger partial charge is 1.00 e. The molecule has 0 fully saturated rings. The summed E-state index contributed by atoms with van der Waals surface area (Å²) in [4.78, 5) is 0. The van der Waals surface area contributed by atoms with Gasteiger partial charge in [-0.3, -0.25) is 0 Å². The Morgan fingerprint density at radius 1 is 1.00 bits per heavy atom. The zero-order valence-electron chi connectivity index (χ0n) is 9.12. The maximum atomic E-state index is 12.8. The molecule has 0 atom stereocenters. The van der Waals surface area contributed by atoms with Crippen LogP contribution in [0.5, 0.6) is 0 Å². The van der Waals surface area contributed by atoms with E-state index in [-0.39, 0.29) is 62.3 Å². The fraction of sp³-hybridized carbons (Fsp3) is 0. The molecule has 0 N–H and O–H groups in total. The summed E-state index contributed by atoms with van der Waals surface area (Å²) in [5.74, 6) is 0. The van der Waals surface area contributed by atoms with Gasteiger partial charge in [-0.05, 0) is 16.8 Å². The molecular weight excluding hydrogens is 253 g/mol. The number of nitriles is 1. The number of halogens is 3. The molecule has 6 heteroatoms. The van der Waals surface area contributed by atoms with Crippen LogP contribution < -0.4 is 56.8 Å². The van der Waals surface area contributed by atoms with Crippen LogP contribution in [0.4, 0.5) is 12.9 Å². The van der Waals surface area contributed by atoms with Crippen LogP contribution in [0.3, 0.4) is 0 Å². The van der Waals surface area contributed by atoms with Crippen LogP contribution in [0, 0.1) is 11.3 Å². The number of hydrogen-bond donors (Lipinski definition) is 0. The second-order valence-corrected chi connectivity index (χ2v) is 3.44. The van der Waals surface area contributed by atoms with Crippen LogP contribution in [0.2, 0.25) is 0 Å². The van der Waals surface area contributed by atoms with Crippen molar-refractivity contribution in [1.82, 2.24) is 0 Å². The van der Waals surface area contributed by atoms with E-state index in [9.17, 15) is 12.9 Å². The van der Waals surface area contributed by atoms with Crippen LogP contribution in [0.25, 0.3) is 10.8 Å². The Labute approximate surface area is 139 Å². The minimum Gasteiger partial charge on any atom is -0.445 e. The maximum Gasteiger partial charge on any atom is 1.00 e. The standard InChI is InChI=1S/C11H6BF3N.K/c13-12(14,15)10-6-2-4-8-3-1-5-9(7-16)11(8)10;/h1-6H;/q-1;+1. The predicted molar refractivity (Wildman–Crippen MR) is 57.4 cm³/mol. The summed E-state index contributed by atoms with van der Waals surface area (Å²) in [5.41, 5.74) is -0.637. The summed E-state index contributed by atoms with van der Waals surface area (Å²) in [7, 11) is 0. The van der Waals surface area contributed by atoms with Crippen molar-refractivity contribution < 1.29 is 64.3 Å². The second-order valence-electron chi connectivity index (χ2n) is 3.44. The SMILES string of the molecule is N#Cc1cccc2cccc([B-](F)(F)F)c12.[K+]. The zero-order valence-corrected chi connectivity index (χ0v) is 12.2. The van der Waals surface area contributed by atoms with Gasteiger partial charge in [-0.1, -0.05) is 35.8 Å². The van der Waals surface area contributed by atoms with Crippen LogP contribution in [-0.4, -0.2) is 6.98 Å². The normalized spacial score (nSPS) is 10.7. The van der Waals surface area contributed by atoms with Gasteiger partial charge in [0.2, 0.25) is 0 Å². The molecule has 0 heterocycles. The third-order valence-electron chi connectivity index (χ3n) is 2.41. The Kier molecular flexibility index (Phi) is 4.81. The monoisotopic (exact) mass is 259 g/mol. The summed E-state index contributed by atoms with van der Waals surface area (Å²) < 4.78 is 38.4. The second kappa shape index (κ2) is 5.55. The maximum absolute atomic E-state index is 12.8. The number of benzene rings is 2. The van der Waals surface area contributed by atoms with Crippen LogP contribution in [0.15, 0.2) is 36.4 Å². The molecule has 2 aromatic carbocycles. The molecule has 0 aromatic heterocycles. The Hall–Kier alpha value is -0.319. The third kappa shape index (κ3) is 2.92. The minimum atomic E-state index is -5.09. The smallest absolute Gasteiger partial charge is 0.445 e. The Bertz CT molecular complexity index is 584. The number of fused-ring (bicyclic) bond motifs is 1. The number of rotatable bonds is 1. The van der Waals surface area contributed by atoms with E-state index >= 15 is 0 Å². The average Bonchev–Trinajstić information content (AvgIpc) is 2.26. The molecule has 0 amide bonds. The van der Waals surface area contributed by atoms with Crippen molar-refractivity contribution in [2.24, 2.45) is 0 Å². The Morgan fingerprint density at radius 3 is 2.12 bits per heavy atom. The van der Waals surface area contributed by atoms with Gasteiger partial charge in [0.1, 0.15) is 0 Å². The van der Waals surface area contributed by atoms with Gasteiger partial charge in [-0.15, -0.1) is 0 Å². The molecule has 0 spiro atoms. The molecule has 17 heavy (non-hydrogen) atoms. The number of nitrogens with zero attached hydrogens (tertiary/aromatic N) is 1. The van der Waals surface area contributed by atoms with Gasteiger partial charge in [0.25, 0.3) is 0 Å². The summed E-state index contributed by atoms with van der Waals surface area (Å²) in [6.07, 6.45) is 0. The zero-order chi connectivity index (χ0) is 11.8. The first-order valence-corrected chi connectivity index (χ1v) is 4.65. The van der Waals surface area contributed by atoms with E-state index < -0.39 is 12.4 Å². The number of hydrogen-bond acceptors (Lipinski definition) is 1. The molecule has 0 aliphatic rings. The summed E-state index contributed by atoms with van der Waals surface area (Å²) in [5, 5.41) is 9.26. The fourth-order valence-electron chi connectivity index (χ4n) is 1.74. The fourth-order valence-corrected chi connectivity index (χ4v) is 1.74. The van der Waals surface area contributed by atoms with Gasteiger partial charge in [0, 0.05) is 0 Å². The molecule has 0 saturated carbocycles. The Balaban J connectivity index is 0.00000144. The molecule has 0 aliphatic carbocycles. The van der Waals surface area contributed by atoms with E-state index in [1.54, 1.807) is 24.3 Å². The topological polar surface area (TPSA) is 23.8 Å². The molecule has 2 rings (SSSR count). The van der Waals surface area contributed by atoms with Crippen molar-refractivity contribution in [1.29, 1.82) is 5.26 Å². The van der Waals surface area contributed by atoms with Crippen LogP contribution >= 0.6 is 0 Å². The Morgan fingerprint density at radius 2 is 1.59 bits per heavy atom. The minimum absolute atomic E-state index is 0. The molecule has 0 aliphatic heterocycles. The van der Waals surface area contributed by atoms with E-state index in [1.165, 1.54) is 12.1 Å². The van der Waals surface area contributed by atoms with Crippen molar-refractivity contribution in [3.63, 3.8) is 0 Å². The molecule has 0 radical (unpaired) electrons. The molecule has 0 saturated heterocycles. The van der Waals surface area contributed by atoms with Gasteiger partial charge in [-0.25, -0.2) is 0 Å². The van der Waals surface area contributed by atoms with Gasteiger partial charge in [0.05, 0.1) is 11.6 Å². The summed E-state index contributed by atoms with van der Waals surface area (Å²) in [6.45, 7) is -5.09. The predicted octanol–water partition coefficient (Wildman–Crippen LogP) is -0.230. The molecule has 1 nitrogen and oxygen atoms in total. The molecule has 80 valence electrons.